The molecule has 12 N–H and O–H groups in total. The summed E-state index contributed by atoms with van der Waals surface area (Å²) in [7, 11) is -8.24. The highest BCUT2D eigenvalue weighted by molar-refractivity contribution is 6.32. The van der Waals surface area contributed by atoms with Crippen molar-refractivity contribution in [3.05, 3.63) is 0 Å². The molecule has 0 aliphatic heterocycles. The van der Waals surface area contributed by atoms with Crippen LogP contribution in [-0.4, -0.2) is 90.5 Å². The normalized spacial score (nSPS) is 7.80. The molecular formula is H12B4O16. The number of rotatable bonds is 4. The van der Waals surface area contributed by atoms with Crippen molar-refractivity contribution in [3.63, 3.8) is 0 Å². The van der Waals surface area contributed by atoms with Crippen LogP contribution >= 0.6 is 0 Å². The van der Waals surface area contributed by atoms with Crippen molar-refractivity contribution in [2.45, 2.75) is 0 Å². The van der Waals surface area contributed by atoms with Crippen molar-refractivity contribution in [1.29, 1.82) is 0 Å². The van der Waals surface area contributed by atoms with E-state index in [1.807, 2.05) is 0 Å². The molecule has 120 valence electrons. The third-order valence-corrected chi connectivity index (χ3v) is 0.377. The number of hydrogen-bond acceptors (Lipinski definition) is 16. The molecule has 0 aromatic rings. The quantitative estimate of drug-likeness (QED) is 0.130. The van der Waals surface area contributed by atoms with Crippen molar-refractivity contribution in [3.8, 4) is 0 Å². The third-order valence-electron chi connectivity index (χ3n) is 0.377. The largest absolute Gasteiger partial charge is 0.662 e. The SMILES string of the molecule is OOB(O)O.OOB(O)O.OOB(O)O.OOB(O)O. The van der Waals surface area contributed by atoms with Crippen molar-refractivity contribution in [2.24, 2.45) is 0 Å². The molecule has 0 bridgehead atoms. The molecule has 0 radical (unpaired) electrons. The third kappa shape index (κ3) is 83.8. The summed E-state index contributed by atoms with van der Waals surface area (Å²) in [6.45, 7) is 0. The Kier molecular flexibility index (Phi) is 33.0. The van der Waals surface area contributed by atoms with Crippen LogP contribution in [0.15, 0.2) is 0 Å². The average molecular weight is 311 g/mol. The van der Waals surface area contributed by atoms with Crippen LogP contribution in [0.4, 0.5) is 0 Å². The minimum Gasteiger partial charge on any atom is -0.400 e. The van der Waals surface area contributed by atoms with Crippen LogP contribution in [0.5, 0.6) is 0 Å². The van der Waals surface area contributed by atoms with Crippen LogP contribution in [0.3, 0.4) is 0 Å². The lowest BCUT2D eigenvalue weighted by molar-refractivity contribution is -0.173. The Balaban J connectivity index is -0.0000000853. The van der Waals surface area contributed by atoms with Crippen LogP contribution in [-0.2, 0) is 19.2 Å². The first-order valence-corrected chi connectivity index (χ1v) is 3.74. The summed E-state index contributed by atoms with van der Waals surface area (Å²) in [5.41, 5.74) is 0. The predicted octanol–water partition coefficient (Wildman–Crippen LogP) is -6.22. The molecule has 16 nitrogen and oxygen atoms in total. The van der Waals surface area contributed by atoms with Crippen molar-refractivity contribution >= 4 is 29.3 Å². The Labute approximate surface area is 111 Å². The molecule has 0 saturated heterocycles. The van der Waals surface area contributed by atoms with Gasteiger partial charge < -0.3 is 40.2 Å². The standard InChI is InChI=1S/4BH3O4/c4*2-1(3)5-4/h4*2-4H. The van der Waals surface area contributed by atoms with E-state index in [1.165, 1.54) is 0 Å². The molecule has 0 amide bonds. The summed E-state index contributed by atoms with van der Waals surface area (Å²) >= 11 is 0. The van der Waals surface area contributed by atoms with Gasteiger partial charge in [-0.1, -0.05) is 0 Å². The summed E-state index contributed by atoms with van der Waals surface area (Å²) in [5, 5.41) is 88.1. The molecule has 20 heteroatoms. The highest BCUT2D eigenvalue weighted by atomic mass is 17.1. The highest BCUT2D eigenvalue weighted by Gasteiger charge is 2.04. The van der Waals surface area contributed by atoms with Crippen molar-refractivity contribution in [1.82, 2.24) is 0 Å². The second kappa shape index (κ2) is 23.7. The monoisotopic (exact) mass is 312 g/mol. The maximum absolute atomic E-state index is 7.44. The van der Waals surface area contributed by atoms with Gasteiger partial charge in [0.1, 0.15) is 0 Å². The van der Waals surface area contributed by atoms with Crippen LogP contribution in [0.25, 0.3) is 0 Å². The Hall–Kier alpha value is -0.380. The van der Waals surface area contributed by atoms with E-state index < -0.39 is 29.3 Å². The molecule has 0 unspecified atom stereocenters. The lowest BCUT2D eigenvalue weighted by atomic mass is 10.3. The zero-order valence-corrected chi connectivity index (χ0v) is 9.31. The lowest BCUT2D eigenvalue weighted by Gasteiger charge is -1.82. The summed E-state index contributed by atoms with van der Waals surface area (Å²) in [4.78, 5) is 11.4. The second-order valence-corrected chi connectivity index (χ2v) is 1.73. The smallest absolute Gasteiger partial charge is 0.400 e. The Bertz CT molecular complexity index is 102. The van der Waals surface area contributed by atoms with Crippen molar-refractivity contribution in [2.75, 3.05) is 0 Å². The number of hydrogen-bond donors (Lipinski definition) is 12. The summed E-state index contributed by atoms with van der Waals surface area (Å²) in [5.74, 6) is 0. The summed E-state index contributed by atoms with van der Waals surface area (Å²) in [6, 6.07) is 0. The van der Waals surface area contributed by atoms with Gasteiger partial charge in [0.15, 0.2) is 0 Å². The summed E-state index contributed by atoms with van der Waals surface area (Å²) in [6.07, 6.45) is 0. The van der Waals surface area contributed by atoms with Crippen LogP contribution in [0.2, 0.25) is 0 Å². The van der Waals surface area contributed by atoms with Gasteiger partial charge in [0.05, 0.1) is 0 Å². The highest BCUT2D eigenvalue weighted by Crippen LogP contribution is 1.60. The van der Waals surface area contributed by atoms with E-state index in [1.54, 1.807) is 0 Å². The molecule has 0 saturated carbocycles. The first-order chi connectivity index (χ1) is 9.08. The molecule has 0 aromatic heterocycles. The fourth-order valence-electron chi connectivity index (χ4n) is 0. The van der Waals surface area contributed by atoms with Gasteiger partial charge in [-0.05, 0) is 0 Å². The van der Waals surface area contributed by atoms with E-state index in [0.29, 0.717) is 0 Å². The van der Waals surface area contributed by atoms with Crippen LogP contribution in [0.1, 0.15) is 0 Å². The van der Waals surface area contributed by atoms with E-state index in [-0.39, 0.29) is 0 Å². The fraction of sp³-hybridized carbons (Fsp3) is 0. The molecule has 20 heavy (non-hydrogen) atoms. The van der Waals surface area contributed by atoms with Gasteiger partial charge in [0.2, 0.25) is 0 Å². The topological polar surface area (TPSA) is 280 Å². The lowest BCUT2D eigenvalue weighted by Crippen LogP contribution is -2.13. The molecule has 0 aliphatic rings. The molecule has 0 rings (SSSR count). The minimum absolute atomic E-state index is 2.06. The second-order valence-electron chi connectivity index (χ2n) is 1.73. The van der Waals surface area contributed by atoms with Crippen LogP contribution in [0, 0.1) is 0 Å². The molecule has 0 aliphatic carbocycles. The van der Waals surface area contributed by atoms with E-state index >= 15 is 0 Å². The van der Waals surface area contributed by atoms with Gasteiger partial charge in [0, 0.05) is 0 Å². The Morgan fingerprint density at radius 2 is 0.400 bits per heavy atom. The van der Waals surface area contributed by atoms with Gasteiger partial charge >= 0.3 is 29.3 Å². The van der Waals surface area contributed by atoms with Gasteiger partial charge in [-0.2, -0.15) is 0 Å². The van der Waals surface area contributed by atoms with Crippen LogP contribution < -0.4 is 0 Å². The fourth-order valence-corrected chi connectivity index (χ4v) is 0. The maximum atomic E-state index is 7.44. The molecule has 0 fully saturated rings. The van der Waals surface area contributed by atoms with E-state index in [0.717, 1.165) is 0 Å². The molecule has 0 aromatic carbocycles. The van der Waals surface area contributed by atoms with Gasteiger partial charge in [-0.15, -0.1) is 0 Å². The Morgan fingerprint density at radius 3 is 0.400 bits per heavy atom. The molecule has 0 atom stereocenters. The average Bonchev–Trinajstić information content (AvgIpc) is 2.40. The maximum Gasteiger partial charge on any atom is 0.662 e. The minimum atomic E-state index is -2.06. The first-order valence-electron chi connectivity index (χ1n) is 3.74. The van der Waals surface area contributed by atoms with Crippen molar-refractivity contribution < 1.29 is 80.4 Å². The predicted molar refractivity (Wildman–Crippen MR) is 55.6 cm³/mol. The van der Waals surface area contributed by atoms with E-state index in [2.05, 4.69) is 19.2 Å². The van der Waals surface area contributed by atoms with E-state index in [9.17, 15) is 0 Å². The molecule has 0 spiro atoms. The van der Waals surface area contributed by atoms with Gasteiger partial charge in [-0.25, -0.2) is 19.2 Å². The van der Waals surface area contributed by atoms with E-state index in [4.69, 9.17) is 61.2 Å². The zero-order chi connectivity index (χ0) is 17.1. The van der Waals surface area contributed by atoms with Gasteiger partial charge in [-0.3, -0.25) is 21.0 Å². The molecular weight excluding hydrogens is 299 g/mol. The molecule has 0 heterocycles. The zero-order valence-electron chi connectivity index (χ0n) is 9.31. The van der Waals surface area contributed by atoms with Gasteiger partial charge in [0.25, 0.3) is 0 Å². The summed E-state index contributed by atoms with van der Waals surface area (Å²) < 4.78 is 0. The first kappa shape index (κ1) is 27.9. The Morgan fingerprint density at radius 1 is 0.350 bits per heavy atom.